The summed E-state index contributed by atoms with van der Waals surface area (Å²) in [4.78, 5) is 0. The number of unbranched alkanes of at least 4 members (excludes halogenated alkanes) is 3. The van der Waals surface area contributed by atoms with Crippen LogP contribution >= 0.6 is 0 Å². The lowest BCUT2D eigenvalue weighted by Crippen LogP contribution is -2.34. The van der Waals surface area contributed by atoms with Gasteiger partial charge < -0.3 is 10.1 Å². The van der Waals surface area contributed by atoms with Crippen molar-refractivity contribution in [2.24, 2.45) is 0 Å². The monoisotopic (exact) mass is 215 g/mol. The van der Waals surface area contributed by atoms with Gasteiger partial charge in [0.1, 0.15) is 0 Å². The summed E-state index contributed by atoms with van der Waals surface area (Å²) in [6.07, 6.45) is 7.86. The molecule has 0 saturated heterocycles. The molecule has 0 radical (unpaired) electrons. The van der Waals surface area contributed by atoms with E-state index in [0.29, 0.717) is 6.04 Å². The number of hydrogen-bond acceptors (Lipinski definition) is 2. The molecule has 2 nitrogen and oxygen atoms in total. The molecule has 1 unspecified atom stereocenters. The van der Waals surface area contributed by atoms with Crippen molar-refractivity contribution in [3.8, 4) is 0 Å². The number of nitrogens with one attached hydrogen (secondary N) is 1. The van der Waals surface area contributed by atoms with E-state index in [2.05, 4.69) is 26.1 Å². The molecule has 0 aliphatic rings. The Morgan fingerprint density at radius 2 is 1.80 bits per heavy atom. The van der Waals surface area contributed by atoms with Gasteiger partial charge in [-0.2, -0.15) is 0 Å². The van der Waals surface area contributed by atoms with Gasteiger partial charge in [-0.3, -0.25) is 0 Å². The van der Waals surface area contributed by atoms with Crippen molar-refractivity contribution >= 4 is 0 Å². The first-order chi connectivity index (χ1) is 7.35. The first kappa shape index (κ1) is 14.9. The van der Waals surface area contributed by atoms with E-state index in [-0.39, 0.29) is 0 Å². The third-order valence-corrected chi connectivity index (χ3v) is 2.61. The van der Waals surface area contributed by atoms with Gasteiger partial charge in [-0.1, -0.05) is 39.5 Å². The highest BCUT2D eigenvalue weighted by atomic mass is 16.5. The van der Waals surface area contributed by atoms with Crippen LogP contribution in [0.5, 0.6) is 0 Å². The molecule has 0 aliphatic heterocycles. The Labute approximate surface area is 95.8 Å². The van der Waals surface area contributed by atoms with Gasteiger partial charge in [0.15, 0.2) is 0 Å². The summed E-state index contributed by atoms with van der Waals surface area (Å²) >= 11 is 0. The third kappa shape index (κ3) is 10.2. The molecule has 1 atom stereocenters. The van der Waals surface area contributed by atoms with Gasteiger partial charge in [0.05, 0.1) is 6.61 Å². The Bertz CT molecular complexity index is 109. The van der Waals surface area contributed by atoms with E-state index in [1.807, 2.05) is 0 Å². The molecular formula is C13H29NO. The fraction of sp³-hybridized carbons (Fsp3) is 1.00. The molecule has 0 heterocycles. The van der Waals surface area contributed by atoms with Crippen LogP contribution in [-0.4, -0.2) is 25.8 Å². The molecule has 0 amide bonds. The minimum absolute atomic E-state index is 0.571. The van der Waals surface area contributed by atoms with Crippen LogP contribution in [0.3, 0.4) is 0 Å². The van der Waals surface area contributed by atoms with Crippen LogP contribution in [0.4, 0.5) is 0 Å². The average Bonchev–Trinajstić information content (AvgIpc) is 2.27. The average molecular weight is 215 g/mol. The molecule has 1 N–H and O–H groups in total. The predicted molar refractivity (Wildman–Crippen MR) is 67.3 cm³/mol. The van der Waals surface area contributed by atoms with Crippen LogP contribution in [0.2, 0.25) is 0 Å². The fourth-order valence-corrected chi connectivity index (χ4v) is 1.67. The maximum absolute atomic E-state index is 5.49. The van der Waals surface area contributed by atoms with Gasteiger partial charge in [-0.25, -0.2) is 0 Å². The van der Waals surface area contributed by atoms with Crippen LogP contribution in [0.15, 0.2) is 0 Å². The smallest absolute Gasteiger partial charge is 0.0619 e. The highest BCUT2D eigenvalue weighted by Gasteiger charge is 2.06. The zero-order chi connectivity index (χ0) is 11.4. The van der Waals surface area contributed by atoms with E-state index in [9.17, 15) is 0 Å². The van der Waals surface area contributed by atoms with Gasteiger partial charge in [0.25, 0.3) is 0 Å². The van der Waals surface area contributed by atoms with Gasteiger partial charge in [0.2, 0.25) is 0 Å². The number of rotatable bonds is 11. The van der Waals surface area contributed by atoms with E-state index in [4.69, 9.17) is 4.74 Å². The van der Waals surface area contributed by atoms with E-state index in [0.717, 1.165) is 19.8 Å². The topological polar surface area (TPSA) is 21.3 Å². The van der Waals surface area contributed by atoms with Crippen molar-refractivity contribution in [2.45, 2.75) is 65.3 Å². The van der Waals surface area contributed by atoms with Crippen molar-refractivity contribution in [1.82, 2.24) is 5.32 Å². The Kier molecular flexibility index (Phi) is 11.9. The number of hydrogen-bond donors (Lipinski definition) is 1. The van der Waals surface area contributed by atoms with Crippen molar-refractivity contribution in [1.29, 1.82) is 0 Å². The van der Waals surface area contributed by atoms with Crippen molar-refractivity contribution < 1.29 is 4.74 Å². The second-order valence-electron chi connectivity index (χ2n) is 4.16. The van der Waals surface area contributed by atoms with E-state index in [1.54, 1.807) is 0 Å². The third-order valence-electron chi connectivity index (χ3n) is 2.61. The summed E-state index contributed by atoms with van der Waals surface area (Å²) in [5, 5.41) is 3.56. The Balaban J connectivity index is 3.49. The Morgan fingerprint density at radius 3 is 2.40 bits per heavy atom. The van der Waals surface area contributed by atoms with Crippen molar-refractivity contribution in [3.63, 3.8) is 0 Å². The standard InChI is InChI=1S/C13H29NO/c1-4-7-8-9-10-13(12-15-6-3)14-11-5-2/h13-14H,4-12H2,1-3H3. The van der Waals surface area contributed by atoms with E-state index >= 15 is 0 Å². The fourth-order valence-electron chi connectivity index (χ4n) is 1.67. The molecule has 0 saturated carbocycles. The van der Waals surface area contributed by atoms with Crippen molar-refractivity contribution in [3.05, 3.63) is 0 Å². The zero-order valence-electron chi connectivity index (χ0n) is 10.8. The van der Waals surface area contributed by atoms with Crippen LogP contribution < -0.4 is 5.32 Å². The largest absolute Gasteiger partial charge is 0.380 e. The zero-order valence-corrected chi connectivity index (χ0v) is 10.8. The predicted octanol–water partition coefficient (Wildman–Crippen LogP) is 3.36. The second-order valence-corrected chi connectivity index (χ2v) is 4.16. The Hall–Kier alpha value is -0.0800. The molecule has 92 valence electrons. The highest BCUT2D eigenvalue weighted by Crippen LogP contribution is 2.06. The molecule has 0 aliphatic carbocycles. The normalized spacial score (nSPS) is 13.0. The highest BCUT2D eigenvalue weighted by molar-refractivity contribution is 4.65. The molecule has 2 heteroatoms. The second kappa shape index (κ2) is 12.0. The lowest BCUT2D eigenvalue weighted by molar-refractivity contribution is 0.119. The minimum atomic E-state index is 0.571. The van der Waals surface area contributed by atoms with Gasteiger partial charge in [-0.15, -0.1) is 0 Å². The maximum Gasteiger partial charge on any atom is 0.0619 e. The van der Waals surface area contributed by atoms with Crippen LogP contribution in [0.25, 0.3) is 0 Å². The van der Waals surface area contributed by atoms with E-state index < -0.39 is 0 Å². The lowest BCUT2D eigenvalue weighted by Gasteiger charge is -2.18. The maximum atomic E-state index is 5.49. The molecular weight excluding hydrogens is 186 g/mol. The molecule has 0 fully saturated rings. The molecule has 0 aromatic rings. The van der Waals surface area contributed by atoms with Crippen LogP contribution in [-0.2, 0) is 4.74 Å². The molecule has 0 rings (SSSR count). The van der Waals surface area contributed by atoms with Gasteiger partial charge >= 0.3 is 0 Å². The summed E-state index contributed by atoms with van der Waals surface area (Å²) in [6.45, 7) is 9.36. The van der Waals surface area contributed by atoms with E-state index in [1.165, 1.54) is 38.5 Å². The van der Waals surface area contributed by atoms with Crippen molar-refractivity contribution in [2.75, 3.05) is 19.8 Å². The number of ether oxygens (including phenoxy) is 1. The van der Waals surface area contributed by atoms with Gasteiger partial charge in [0, 0.05) is 12.6 Å². The molecule has 0 aromatic heterocycles. The summed E-state index contributed by atoms with van der Waals surface area (Å²) < 4.78 is 5.49. The first-order valence-corrected chi connectivity index (χ1v) is 6.66. The first-order valence-electron chi connectivity index (χ1n) is 6.66. The molecule has 15 heavy (non-hydrogen) atoms. The molecule has 0 bridgehead atoms. The van der Waals surface area contributed by atoms with Crippen LogP contribution in [0, 0.1) is 0 Å². The Morgan fingerprint density at radius 1 is 1.00 bits per heavy atom. The molecule has 0 spiro atoms. The summed E-state index contributed by atoms with van der Waals surface area (Å²) in [5.41, 5.74) is 0. The molecule has 0 aromatic carbocycles. The van der Waals surface area contributed by atoms with Crippen LogP contribution in [0.1, 0.15) is 59.3 Å². The quantitative estimate of drug-likeness (QED) is 0.534. The summed E-state index contributed by atoms with van der Waals surface area (Å²) in [6, 6.07) is 0.571. The van der Waals surface area contributed by atoms with Gasteiger partial charge in [-0.05, 0) is 26.3 Å². The minimum Gasteiger partial charge on any atom is -0.380 e. The summed E-state index contributed by atoms with van der Waals surface area (Å²) in [5.74, 6) is 0. The SMILES string of the molecule is CCCCCCC(COCC)NCCC. The summed E-state index contributed by atoms with van der Waals surface area (Å²) in [7, 11) is 0. The lowest BCUT2D eigenvalue weighted by atomic mass is 10.1.